The molecule has 22 heavy (non-hydrogen) atoms. The van der Waals surface area contributed by atoms with E-state index < -0.39 is 0 Å². The summed E-state index contributed by atoms with van der Waals surface area (Å²) >= 11 is 8.93. The highest BCUT2D eigenvalue weighted by atomic mass is 35.5. The molecule has 1 aromatic carbocycles. The maximum absolute atomic E-state index is 12.3. The zero-order valence-electron chi connectivity index (χ0n) is 11.7. The van der Waals surface area contributed by atoms with Gasteiger partial charge >= 0.3 is 0 Å². The molecule has 2 heterocycles. The van der Waals surface area contributed by atoms with Crippen molar-refractivity contribution in [3.8, 4) is 0 Å². The number of benzene rings is 1. The van der Waals surface area contributed by atoms with E-state index in [0.29, 0.717) is 16.8 Å². The lowest BCUT2D eigenvalue weighted by Gasteiger charge is -2.16. The number of nitrogens with two attached hydrogens (primary N) is 1. The third-order valence-electron chi connectivity index (χ3n) is 3.63. The van der Waals surface area contributed by atoms with Gasteiger partial charge in [0.2, 0.25) is 11.0 Å². The van der Waals surface area contributed by atoms with Crippen LogP contribution >= 0.6 is 34.7 Å². The van der Waals surface area contributed by atoms with Crippen LogP contribution in [0, 0.1) is 0 Å². The molecule has 1 fully saturated rings. The SMILES string of the molecule is Nc1nnc(SCC(=O)N2CC[C@@H](c3ccccc3Cl)C2)s1. The number of nitrogen functional groups attached to an aromatic ring is 1. The zero-order chi connectivity index (χ0) is 15.5. The Kier molecular flexibility index (Phi) is 4.85. The Morgan fingerprint density at radius 1 is 1.45 bits per heavy atom. The van der Waals surface area contributed by atoms with Crippen molar-refractivity contribution in [3.05, 3.63) is 34.9 Å². The van der Waals surface area contributed by atoms with Crippen molar-refractivity contribution in [2.75, 3.05) is 24.6 Å². The van der Waals surface area contributed by atoms with Crippen LogP contribution in [0.4, 0.5) is 5.13 Å². The van der Waals surface area contributed by atoms with Gasteiger partial charge in [0, 0.05) is 24.0 Å². The van der Waals surface area contributed by atoms with Gasteiger partial charge in [-0.25, -0.2) is 0 Å². The lowest BCUT2D eigenvalue weighted by molar-refractivity contribution is -0.127. The second-order valence-corrected chi connectivity index (χ2v) is 7.68. The number of aromatic nitrogens is 2. The van der Waals surface area contributed by atoms with Gasteiger partial charge in [-0.1, -0.05) is 52.9 Å². The van der Waals surface area contributed by atoms with E-state index >= 15 is 0 Å². The Bertz CT molecular complexity index is 678. The van der Waals surface area contributed by atoms with Crippen LogP contribution in [0.2, 0.25) is 5.02 Å². The van der Waals surface area contributed by atoms with Gasteiger partial charge in [0.15, 0.2) is 4.34 Å². The van der Waals surface area contributed by atoms with Crippen LogP contribution in [-0.2, 0) is 4.79 Å². The summed E-state index contributed by atoms with van der Waals surface area (Å²) in [6.45, 7) is 1.49. The van der Waals surface area contributed by atoms with Crippen LogP contribution in [0.25, 0.3) is 0 Å². The lowest BCUT2D eigenvalue weighted by atomic mass is 9.98. The summed E-state index contributed by atoms with van der Waals surface area (Å²) in [7, 11) is 0. The van der Waals surface area contributed by atoms with Crippen LogP contribution < -0.4 is 5.73 Å². The Balaban J connectivity index is 1.56. The Labute approximate surface area is 141 Å². The highest BCUT2D eigenvalue weighted by Crippen LogP contribution is 2.32. The van der Waals surface area contributed by atoms with E-state index in [4.69, 9.17) is 17.3 Å². The molecule has 0 unspecified atom stereocenters. The highest BCUT2D eigenvalue weighted by molar-refractivity contribution is 8.01. The molecule has 0 saturated carbocycles. The Hall–Kier alpha value is -1.31. The molecule has 1 aromatic heterocycles. The first-order valence-electron chi connectivity index (χ1n) is 6.87. The van der Waals surface area contributed by atoms with E-state index in [9.17, 15) is 4.79 Å². The summed E-state index contributed by atoms with van der Waals surface area (Å²) in [5.41, 5.74) is 6.66. The molecule has 2 aromatic rings. The summed E-state index contributed by atoms with van der Waals surface area (Å²) in [5, 5.41) is 8.85. The number of hydrogen-bond acceptors (Lipinski definition) is 6. The zero-order valence-corrected chi connectivity index (χ0v) is 14.1. The standard InChI is InChI=1S/C14H15ClN4OS2/c15-11-4-2-1-3-10(11)9-5-6-19(7-9)12(20)8-21-14-18-17-13(16)22-14/h1-4,9H,5-8H2,(H2,16,17)/t9-/m1/s1. The van der Waals surface area contributed by atoms with E-state index in [1.54, 1.807) is 0 Å². The second kappa shape index (κ2) is 6.85. The van der Waals surface area contributed by atoms with Gasteiger partial charge in [-0.05, 0) is 18.1 Å². The van der Waals surface area contributed by atoms with Gasteiger partial charge in [-0.15, -0.1) is 10.2 Å². The Morgan fingerprint density at radius 3 is 3.00 bits per heavy atom. The minimum atomic E-state index is 0.119. The molecule has 5 nitrogen and oxygen atoms in total. The minimum absolute atomic E-state index is 0.119. The van der Waals surface area contributed by atoms with Crippen LogP contribution in [0.3, 0.4) is 0 Å². The first-order valence-corrected chi connectivity index (χ1v) is 9.05. The van der Waals surface area contributed by atoms with Crippen LogP contribution in [0.1, 0.15) is 17.9 Å². The molecular formula is C14H15ClN4OS2. The van der Waals surface area contributed by atoms with Crippen molar-refractivity contribution in [1.29, 1.82) is 0 Å². The van der Waals surface area contributed by atoms with Gasteiger partial charge in [-0.3, -0.25) is 4.79 Å². The third kappa shape index (κ3) is 3.53. The topological polar surface area (TPSA) is 72.1 Å². The summed E-state index contributed by atoms with van der Waals surface area (Å²) < 4.78 is 0.729. The van der Waals surface area contributed by atoms with E-state index in [1.165, 1.54) is 23.1 Å². The first-order chi connectivity index (χ1) is 10.6. The molecule has 1 atom stereocenters. The molecule has 1 aliphatic heterocycles. The van der Waals surface area contributed by atoms with Crippen LogP contribution in [0.5, 0.6) is 0 Å². The van der Waals surface area contributed by atoms with Gasteiger partial charge < -0.3 is 10.6 Å². The quantitative estimate of drug-likeness (QED) is 0.855. The third-order valence-corrected chi connectivity index (χ3v) is 5.84. The molecule has 1 amide bonds. The average molecular weight is 355 g/mol. The van der Waals surface area contributed by atoms with Crippen molar-refractivity contribution in [2.24, 2.45) is 0 Å². The number of halogens is 1. The van der Waals surface area contributed by atoms with E-state index in [0.717, 1.165) is 34.4 Å². The van der Waals surface area contributed by atoms with Gasteiger partial charge in [0.25, 0.3) is 0 Å². The highest BCUT2D eigenvalue weighted by Gasteiger charge is 2.28. The van der Waals surface area contributed by atoms with E-state index in [2.05, 4.69) is 10.2 Å². The number of carbonyl (C=O) groups excluding carboxylic acids is 1. The van der Waals surface area contributed by atoms with Crippen LogP contribution in [-0.4, -0.2) is 39.8 Å². The van der Waals surface area contributed by atoms with Gasteiger partial charge in [0.1, 0.15) is 0 Å². The molecule has 0 radical (unpaired) electrons. The lowest BCUT2D eigenvalue weighted by Crippen LogP contribution is -2.30. The number of thioether (sulfide) groups is 1. The second-order valence-electron chi connectivity index (χ2n) is 5.04. The smallest absolute Gasteiger partial charge is 0.233 e. The number of rotatable bonds is 4. The summed E-state index contributed by atoms with van der Waals surface area (Å²) in [5.74, 6) is 0.803. The van der Waals surface area contributed by atoms with Crippen molar-refractivity contribution in [2.45, 2.75) is 16.7 Å². The number of amides is 1. The largest absolute Gasteiger partial charge is 0.374 e. The fourth-order valence-corrected chi connectivity index (χ4v) is 4.37. The number of hydrogen-bond donors (Lipinski definition) is 1. The maximum atomic E-state index is 12.3. The molecule has 1 aliphatic rings. The molecule has 0 aliphatic carbocycles. The fraction of sp³-hybridized carbons (Fsp3) is 0.357. The fourth-order valence-electron chi connectivity index (χ4n) is 2.54. The minimum Gasteiger partial charge on any atom is -0.374 e. The summed E-state index contributed by atoms with van der Waals surface area (Å²) in [6, 6.07) is 7.85. The average Bonchev–Trinajstić information content (AvgIpc) is 3.14. The van der Waals surface area contributed by atoms with Crippen LogP contribution in [0.15, 0.2) is 28.6 Å². The first kappa shape index (κ1) is 15.6. The number of likely N-dealkylation sites (tertiary alicyclic amines) is 1. The maximum Gasteiger partial charge on any atom is 0.233 e. The molecule has 8 heteroatoms. The number of anilines is 1. The number of carbonyl (C=O) groups is 1. The molecule has 2 N–H and O–H groups in total. The normalized spacial score (nSPS) is 17.9. The van der Waals surface area contributed by atoms with E-state index in [1.807, 2.05) is 29.2 Å². The molecule has 0 bridgehead atoms. The van der Waals surface area contributed by atoms with Crippen molar-refractivity contribution >= 4 is 45.7 Å². The van der Waals surface area contributed by atoms with E-state index in [-0.39, 0.29) is 5.91 Å². The molecule has 116 valence electrons. The van der Waals surface area contributed by atoms with Crippen molar-refractivity contribution in [1.82, 2.24) is 15.1 Å². The molecular weight excluding hydrogens is 340 g/mol. The van der Waals surface area contributed by atoms with Crippen molar-refractivity contribution < 1.29 is 4.79 Å². The Morgan fingerprint density at radius 2 is 2.27 bits per heavy atom. The van der Waals surface area contributed by atoms with Gasteiger partial charge in [-0.2, -0.15) is 0 Å². The molecule has 1 saturated heterocycles. The van der Waals surface area contributed by atoms with Crippen molar-refractivity contribution in [3.63, 3.8) is 0 Å². The molecule has 0 spiro atoms. The predicted octanol–water partition coefficient (Wildman–Crippen LogP) is 2.88. The van der Waals surface area contributed by atoms with Gasteiger partial charge in [0.05, 0.1) is 5.75 Å². The molecule has 3 rings (SSSR count). The monoisotopic (exact) mass is 354 g/mol. The predicted molar refractivity (Wildman–Crippen MR) is 90.4 cm³/mol. The number of nitrogens with zero attached hydrogens (tertiary/aromatic N) is 3. The summed E-state index contributed by atoms with van der Waals surface area (Å²) in [4.78, 5) is 14.2. The summed E-state index contributed by atoms with van der Waals surface area (Å²) in [6.07, 6.45) is 0.950.